The minimum absolute atomic E-state index is 0.0600. The fourth-order valence-corrected chi connectivity index (χ4v) is 5.75. The van der Waals surface area contributed by atoms with Gasteiger partial charge in [-0.2, -0.15) is 0 Å². The van der Waals surface area contributed by atoms with Crippen LogP contribution in [0.3, 0.4) is 0 Å². The van der Waals surface area contributed by atoms with Gasteiger partial charge in [-0.25, -0.2) is 8.42 Å². The zero-order valence-electron chi connectivity index (χ0n) is 21.7. The number of benzene rings is 3. The molecule has 1 N–H and O–H groups in total. The molecule has 0 bridgehead atoms. The lowest BCUT2D eigenvalue weighted by molar-refractivity contribution is -0.139. The van der Waals surface area contributed by atoms with Crippen molar-refractivity contribution in [1.82, 2.24) is 10.2 Å². The maximum atomic E-state index is 13.8. The Morgan fingerprint density at radius 1 is 0.946 bits per heavy atom. The van der Waals surface area contributed by atoms with Crippen LogP contribution in [0.1, 0.15) is 29.2 Å². The maximum absolute atomic E-state index is 13.8. The van der Waals surface area contributed by atoms with Gasteiger partial charge in [-0.15, -0.1) is 0 Å². The van der Waals surface area contributed by atoms with Gasteiger partial charge in [0, 0.05) is 18.6 Å². The summed E-state index contributed by atoms with van der Waals surface area (Å²) in [6.45, 7) is 6.82. The van der Waals surface area contributed by atoms with Gasteiger partial charge in [0.15, 0.2) is 0 Å². The summed E-state index contributed by atoms with van der Waals surface area (Å²) >= 11 is 6.13. The van der Waals surface area contributed by atoms with Crippen LogP contribution in [0.2, 0.25) is 5.02 Å². The van der Waals surface area contributed by atoms with E-state index in [1.807, 2.05) is 38.1 Å². The number of rotatable bonds is 9. The highest BCUT2D eigenvalue weighted by Gasteiger charge is 2.33. The lowest BCUT2D eigenvalue weighted by Crippen LogP contribution is -2.50. The van der Waals surface area contributed by atoms with Crippen LogP contribution in [-0.4, -0.2) is 44.8 Å². The normalized spacial score (nSPS) is 12.1. The molecule has 3 aromatic carbocycles. The third kappa shape index (κ3) is 6.70. The second kappa shape index (κ2) is 11.8. The number of carbonyl (C=O) groups excluding carboxylic acids is 2. The van der Waals surface area contributed by atoms with Crippen molar-refractivity contribution >= 4 is 39.1 Å². The summed E-state index contributed by atoms with van der Waals surface area (Å²) in [7, 11) is -2.62. The number of carbonyl (C=O) groups is 2. The van der Waals surface area contributed by atoms with Crippen LogP contribution in [0, 0.1) is 20.8 Å². The standard InChI is InChI=1S/C28H32ClN3O4S/c1-19-9-12-25(13-10-19)37(35,36)32(26-14-11-24(29)16-21(26)3)18-27(33)31(22(4)28(34)30-5)17-23-8-6-7-20(2)15-23/h6-16,22H,17-18H2,1-5H3,(H,30,34)/t22-/m0/s1. The van der Waals surface area contributed by atoms with Crippen molar-refractivity contribution in [3.8, 4) is 0 Å². The molecule has 7 nitrogen and oxygen atoms in total. The Balaban J connectivity index is 2.07. The molecule has 0 heterocycles. The molecule has 2 amide bonds. The number of likely N-dealkylation sites (N-methyl/N-ethyl adjacent to an activating group) is 1. The molecule has 0 aliphatic heterocycles. The first-order valence-corrected chi connectivity index (χ1v) is 13.7. The Hall–Kier alpha value is -3.36. The molecule has 0 spiro atoms. The number of anilines is 1. The predicted octanol–water partition coefficient (Wildman–Crippen LogP) is 4.62. The van der Waals surface area contributed by atoms with E-state index in [1.165, 1.54) is 24.1 Å². The SMILES string of the molecule is CNC(=O)[C@H](C)N(Cc1cccc(C)c1)C(=O)CN(c1ccc(Cl)cc1C)S(=O)(=O)c1ccc(C)cc1. The van der Waals surface area contributed by atoms with Gasteiger partial charge in [0.05, 0.1) is 10.6 Å². The molecule has 0 unspecified atom stereocenters. The molecular formula is C28H32ClN3O4S. The van der Waals surface area contributed by atoms with Crippen molar-refractivity contribution in [2.24, 2.45) is 0 Å². The van der Waals surface area contributed by atoms with E-state index in [9.17, 15) is 18.0 Å². The van der Waals surface area contributed by atoms with Gasteiger partial charge in [-0.1, -0.05) is 59.1 Å². The van der Waals surface area contributed by atoms with Gasteiger partial charge in [-0.05, 0) is 69.2 Å². The first-order valence-electron chi connectivity index (χ1n) is 11.9. The highest BCUT2D eigenvalue weighted by molar-refractivity contribution is 7.92. The smallest absolute Gasteiger partial charge is 0.264 e. The van der Waals surface area contributed by atoms with Gasteiger partial charge in [0.1, 0.15) is 12.6 Å². The molecular weight excluding hydrogens is 510 g/mol. The second-order valence-electron chi connectivity index (χ2n) is 9.06. The highest BCUT2D eigenvalue weighted by atomic mass is 35.5. The molecule has 0 aliphatic rings. The Kier molecular flexibility index (Phi) is 8.99. The molecule has 3 rings (SSSR count). The van der Waals surface area contributed by atoms with Crippen molar-refractivity contribution in [1.29, 1.82) is 0 Å². The van der Waals surface area contributed by atoms with E-state index < -0.39 is 28.5 Å². The number of nitrogens with zero attached hydrogens (tertiary/aromatic N) is 2. The van der Waals surface area contributed by atoms with Crippen molar-refractivity contribution in [3.05, 3.63) is 94.0 Å². The molecule has 1 atom stereocenters. The summed E-state index contributed by atoms with van der Waals surface area (Å²) in [5.41, 5.74) is 3.69. The monoisotopic (exact) mass is 541 g/mol. The molecule has 0 aromatic heterocycles. The number of halogens is 1. The highest BCUT2D eigenvalue weighted by Crippen LogP contribution is 2.29. The van der Waals surface area contributed by atoms with Crippen LogP contribution >= 0.6 is 11.6 Å². The van der Waals surface area contributed by atoms with Crippen LogP contribution in [0.15, 0.2) is 71.6 Å². The van der Waals surface area contributed by atoms with Crippen LogP contribution < -0.4 is 9.62 Å². The molecule has 0 saturated carbocycles. The lowest BCUT2D eigenvalue weighted by atomic mass is 10.1. The molecule has 196 valence electrons. The summed E-state index contributed by atoms with van der Waals surface area (Å²) < 4.78 is 28.8. The summed E-state index contributed by atoms with van der Waals surface area (Å²) in [4.78, 5) is 27.8. The maximum Gasteiger partial charge on any atom is 0.264 e. The van der Waals surface area contributed by atoms with Crippen LogP contribution in [0.4, 0.5) is 5.69 Å². The number of hydrogen-bond donors (Lipinski definition) is 1. The molecule has 0 aliphatic carbocycles. The van der Waals surface area contributed by atoms with Gasteiger partial charge in [0.25, 0.3) is 10.0 Å². The van der Waals surface area contributed by atoms with Gasteiger partial charge in [-0.3, -0.25) is 13.9 Å². The van der Waals surface area contributed by atoms with Crippen molar-refractivity contribution < 1.29 is 18.0 Å². The minimum atomic E-state index is -4.12. The number of nitrogens with one attached hydrogen (secondary N) is 1. The minimum Gasteiger partial charge on any atom is -0.357 e. The Labute approximate surface area is 224 Å². The fraction of sp³-hybridized carbons (Fsp3) is 0.286. The van der Waals surface area contributed by atoms with E-state index in [0.717, 1.165) is 21.0 Å². The first-order chi connectivity index (χ1) is 17.4. The summed E-state index contributed by atoms with van der Waals surface area (Å²) in [5.74, 6) is -0.862. The predicted molar refractivity (Wildman–Crippen MR) is 147 cm³/mol. The Morgan fingerprint density at radius 2 is 1.62 bits per heavy atom. The largest absolute Gasteiger partial charge is 0.357 e. The van der Waals surface area contributed by atoms with Crippen LogP contribution in [0.5, 0.6) is 0 Å². The van der Waals surface area contributed by atoms with Crippen LogP contribution in [-0.2, 0) is 26.2 Å². The lowest BCUT2D eigenvalue weighted by Gasteiger charge is -2.32. The summed E-state index contributed by atoms with van der Waals surface area (Å²) in [6, 6.07) is 18.1. The van der Waals surface area contributed by atoms with Gasteiger partial charge in [0.2, 0.25) is 11.8 Å². The Bertz CT molecular complexity index is 1390. The van der Waals surface area contributed by atoms with Gasteiger partial charge < -0.3 is 10.2 Å². The van der Waals surface area contributed by atoms with E-state index >= 15 is 0 Å². The first kappa shape index (κ1) is 28.2. The number of sulfonamides is 1. The average Bonchev–Trinajstić information content (AvgIpc) is 2.85. The third-order valence-electron chi connectivity index (χ3n) is 6.16. The number of amides is 2. The Morgan fingerprint density at radius 3 is 2.22 bits per heavy atom. The van der Waals surface area contributed by atoms with Crippen molar-refractivity contribution in [3.63, 3.8) is 0 Å². The quantitative estimate of drug-likeness (QED) is 0.428. The number of aryl methyl sites for hydroxylation is 3. The molecule has 37 heavy (non-hydrogen) atoms. The van der Waals surface area contributed by atoms with E-state index in [4.69, 9.17) is 11.6 Å². The topological polar surface area (TPSA) is 86.8 Å². The molecule has 3 aromatic rings. The molecule has 0 saturated heterocycles. The van der Waals surface area contributed by atoms with Crippen LogP contribution in [0.25, 0.3) is 0 Å². The molecule has 0 fully saturated rings. The average molecular weight is 542 g/mol. The van der Waals surface area contributed by atoms with E-state index in [1.54, 1.807) is 44.2 Å². The van der Waals surface area contributed by atoms with Crippen molar-refractivity contribution in [2.45, 2.75) is 45.2 Å². The van der Waals surface area contributed by atoms with E-state index in [0.29, 0.717) is 16.3 Å². The van der Waals surface area contributed by atoms with Gasteiger partial charge >= 0.3 is 0 Å². The third-order valence-corrected chi connectivity index (χ3v) is 8.17. The van der Waals surface area contributed by atoms with Crippen molar-refractivity contribution in [2.75, 3.05) is 17.9 Å². The van der Waals surface area contributed by atoms with E-state index in [2.05, 4.69) is 5.32 Å². The second-order valence-corrected chi connectivity index (χ2v) is 11.4. The summed E-state index contributed by atoms with van der Waals surface area (Å²) in [5, 5.41) is 3.03. The molecule has 0 radical (unpaired) electrons. The number of hydrogen-bond acceptors (Lipinski definition) is 4. The fourth-order valence-electron chi connectivity index (χ4n) is 4.05. The zero-order chi connectivity index (χ0) is 27.3. The van der Waals surface area contributed by atoms with E-state index in [-0.39, 0.29) is 17.3 Å². The summed E-state index contributed by atoms with van der Waals surface area (Å²) in [6.07, 6.45) is 0. The zero-order valence-corrected chi connectivity index (χ0v) is 23.2. The molecule has 9 heteroatoms.